The maximum Gasteiger partial charge on any atom is 0.306 e. The molecule has 0 N–H and O–H groups in total. The Morgan fingerprint density at radius 3 is 0.754 bits per heavy atom. The molecule has 1 atom stereocenters. The minimum Gasteiger partial charge on any atom is -0.462 e. The van der Waals surface area contributed by atoms with Crippen LogP contribution in [0, 0.1) is 11.8 Å². The van der Waals surface area contributed by atoms with Crippen molar-refractivity contribution in [2.45, 2.75) is 336 Å². The Hall–Kier alpha value is -1.59. The first-order valence-electron chi connectivity index (χ1n) is 29.2. The van der Waals surface area contributed by atoms with Crippen molar-refractivity contribution in [2.75, 3.05) is 13.2 Å². The normalized spacial score (nSPS) is 12.0. The maximum atomic E-state index is 12.9. The van der Waals surface area contributed by atoms with Crippen LogP contribution in [-0.4, -0.2) is 37.2 Å². The molecular formula is C59H114O6. The summed E-state index contributed by atoms with van der Waals surface area (Å²) in [5.74, 6) is 0.807. The molecule has 0 amide bonds. The van der Waals surface area contributed by atoms with E-state index >= 15 is 0 Å². The Bertz CT molecular complexity index is 993. The van der Waals surface area contributed by atoms with Crippen molar-refractivity contribution >= 4 is 17.9 Å². The van der Waals surface area contributed by atoms with Gasteiger partial charge in [-0.3, -0.25) is 14.4 Å². The number of hydrogen-bond donors (Lipinski definition) is 0. The van der Waals surface area contributed by atoms with Gasteiger partial charge in [0.1, 0.15) is 13.2 Å². The fraction of sp³-hybridized carbons (Fsp3) is 0.949. The summed E-state index contributed by atoms with van der Waals surface area (Å²) in [7, 11) is 0. The molecule has 0 saturated carbocycles. The van der Waals surface area contributed by atoms with Crippen LogP contribution in [0.1, 0.15) is 330 Å². The summed E-state index contributed by atoms with van der Waals surface area (Å²) in [5.41, 5.74) is 0. The molecule has 0 aliphatic heterocycles. The maximum absolute atomic E-state index is 12.9. The van der Waals surface area contributed by atoms with E-state index in [4.69, 9.17) is 14.2 Å². The van der Waals surface area contributed by atoms with E-state index in [9.17, 15) is 14.4 Å². The fourth-order valence-corrected chi connectivity index (χ4v) is 9.05. The molecule has 0 bridgehead atoms. The highest BCUT2D eigenvalue weighted by atomic mass is 16.6. The third-order valence-electron chi connectivity index (χ3n) is 13.5. The summed E-state index contributed by atoms with van der Waals surface area (Å²) in [6.45, 7) is 11.4. The van der Waals surface area contributed by atoms with E-state index < -0.39 is 6.10 Å². The van der Waals surface area contributed by atoms with E-state index in [1.807, 2.05) is 0 Å². The predicted octanol–water partition coefficient (Wildman–Crippen LogP) is 19.3. The molecular weight excluding hydrogens is 805 g/mol. The lowest BCUT2D eigenvalue weighted by molar-refractivity contribution is -0.167. The third kappa shape index (κ3) is 53.2. The zero-order chi connectivity index (χ0) is 47.5. The Labute approximate surface area is 406 Å². The minimum absolute atomic E-state index is 0.0629. The standard InChI is InChI=1S/C59H114O6/c1-6-7-8-9-10-11-12-13-14-15-19-22-25-28-34-39-44-49-57(60)63-52-56(53-64-58(61)50-45-40-35-31-30-33-38-43-48-55(4)5)65-59(62)51-46-41-36-29-26-23-20-17-16-18-21-24-27-32-37-42-47-54(2)3/h54-56H,6-53H2,1-5H3/t56-/m1/s1. The van der Waals surface area contributed by atoms with Gasteiger partial charge in [-0.15, -0.1) is 0 Å². The average Bonchev–Trinajstić information content (AvgIpc) is 3.28. The van der Waals surface area contributed by atoms with Gasteiger partial charge in [-0.05, 0) is 31.1 Å². The van der Waals surface area contributed by atoms with Gasteiger partial charge in [0.2, 0.25) is 0 Å². The highest BCUT2D eigenvalue weighted by Crippen LogP contribution is 2.18. The van der Waals surface area contributed by atoms with E-state index in [0.717, 1.165) is 69.6 Å². The summed E-state index contributed by atoms with van der Waals surface area (Å²) in [6, 6.07) is 0. The molecule has 0 heterocycles. The molecule has 0 aromatic rings. The van der Waals surface area contributed by atoms with Gasteiger partial charge in [-0.2, -0.15) is 0 Å². The molecule has 6 nitrogen and oxygen atoms in total. The van der Waals surface area contributed by atoms with Crippen LogP contribution in [-0.2, 0) is 28.6 Å². The third-order valence-corrected chi connectivity index (χ3v) is 13.5. The van der Waals surface area contributed by atoms with Gasteiger partial charge in [0, 0.05) is 19.3 Å². The van der Waals surface area contributed by atoms with Crippen molar-refractivity contribution < 1.29 is 28.6 Å². The van der Waals surface area contributed by atoms with Gasteiger partial charge >= 0.3 is 17.9 Å². The largest absolute Gasteiger partial charge is 0.462 e. The zero-order valence-corrected chi connectivity index (χ0v) is 44.6. The zero-order valence-electron chi connectivity index (χ0n) is 44.6. The highest BCUT2D eigenvalue weighted by Gasteiger charge is 2.19. The summed E-state index contributed by atoms with van der Waals surface area (Å²) < 4.78 is 16.9. The van der Waals surface area contributed by atoms with E-state index in [0.29, 0.717) is 19.3 Å². The molecule has 0 aliphatic carbocycles. The van der Waals surface area contributed by atoms with Crippen LogP contribution in [0.4, 0.5) is 0 Å². The summed E-state index contributed by atoms with van der Waals surface area (Å²) in [6.07, 6.45) is 55.3. The molecule has 0 aliphatic rings. The molecule has 6 heteroatoms. The fourth-order valence-electron chi connectivity index (χ4n) is 9.05. The quantitative estimate of drug-likeness (QED) is 0.0344. The minimum atomic E-state index is -0.763. The van der Waals surface area contributed by atoms with Crippen molar-refractivity contribution in [3.63, 3.8) is 0 Å². The first-order valence-corrected chi connectivity index (χ1v) is 29.2. The molecule has 0 aromatic carbocycles. The van der Waals surface area contributed by atoms with Crippen molar-refractivity contribution in [2.24, 2.45) is 11.8 Å². The van der Waals surface area contributed by atoms with Crippen molar-refractivity contribution in [1.29, 1.82) is 0 Å². The van der Waals surface area contributed by atoms with E-state index in [1.165, 1.54) is 218 Å². The number of unbranched alkanes of at least 4 members (excludes halogenated alkanes) is 38. The molecule has 0 radical (unpaired) electrons. The highest BCUT2D eigenvalue weighted by molar-refractivity contribution is 5.71. The predicted molar refractivity (Wildman–Crippen MR) is 280 cm³/mol. The second-order valence-corrected chi connectivity index (χ2v) is 21.2. The molecule has 0 aromatic heterocycles. The van der Waals surface area contributed by atoms with Gasteiger partial charge in [-0.25, -0.2) is 0 Å². The number of rotatable bonds is 53. The lowest BCUT2D eigenvalue weighted by Crippen LogP contribution is -2.30. The van der Waals surface area contributed by atoms with Crippen LogP contribution in [0.25, 0.3) is 0 Å². The van der Waals surface area contributed by atoms with E-state index in [1.54, 1.807) is 0 Å². The molecule has 386 valence electrons. The van der Waals surface area contributed by atoms with Crippen LogP contribution in [0.15, 0.2) is 0 Å². The SMILES string of the molecule is CCCCCCCCCCCCCCCCCCCC(=O)OC[C@H](COC(=O)CCCCCCCCCCC(C)C)OC(=O)CCCCCCCCCCCCCCCCCCC(C)C. The number of esters is 3. The van der Waals surface area contributed by atoms with Gasteiger partial charge in [0.05, 0.1) is 0 Å². The Morgan fingerprint density at radius 1 is 0.292 bits per heavy atom. The summed E-state index contributed by atoms with van der Waals surface area (Å²) >= 11 is 0. The van der Waals surface area contributed by atoms with Crippen LogP contribution in [0.2, 0.25) is 0 Å². The Kier molecular flexibility index (Phi) is 50.5. The summed E-state index contributed by atoms with van der Waals surface area (Å²) in [5, 5.41) is 0. The van der Waals surface area contributed by atoms with Crippen LogP contribution < -0.4 is 0 Å². The average molecular weight is 920 g/mol. The molecule has 0 rings (SSSR count). The van der Waals surface area contributed by atoms with Crippen molar-refractivity contribution in [3.8, 4) is 0 Å². The van der Waals surface area contributed by atoms with Crippen molar-refractivity contribution in [1.82, 2.24) is 0 Å². The number of hydrogen-bond acceptors (Lipinski definition) is 6. The molecule has 0 unspecified atom stereocenters. The summed E-state index contributed by atoms with van der Waals surface area (Å²) in [4.78, 5) is 38.1. The topological polar surface area (TPSA) is 78.9 Å². The second-order valence-electron chi connectivity index (χ2n) is 21.2. The van der Waals surface area contributed by atoms with Crippen LogP contribution in [0.5, 0.6) is 0 Å². The van der Waals surface area contributed by atoms with Crippen LogP contribution in [0.3, 0.4) is 0 Å². The molecule has 0 spiro atoms. The van der Waals surface area contributed by atoms with Gasteiger partial charge in [0.25, 0.3) is 0 Å². The smallest absolute Gasteiger partial charge is 0.306 e. The molecule has 0 fully saturated rings. The molecule has 65 heavy (non-hydrogen) atoms. The van der Waals surface area contributed by atoms with Crippen LogP contribution >= 0.6 is 0 Å². The Morgan fingerprint density at radius 2 is 0.508 bits per heavy atom. The number of carbonyl (C=O) groups excluding carboxylic acids is 3. The first-order chi connectivity index (χ1) is 31.7. The second kappa shape index (κ2) is 51.8. The van der Waals surface area contributed by atoms with Gasteiger partial charge < -0.3 is 14.2 Å². The first kappa shape index (κ1) is 63.4. The molecule has 0 saturated heterocycles. The van der Waals surface area contributed by atoms with E-state index in [-0.39, 0.29) is 31.1 Å². The lowest BCUT2D eigenvalue weighted by atomic mass is 10.0. The number of carbonyl (C=O) groups is 3. The van der Waals surface area contributed by atoms with Crippen molar-refractivity contribution in [3.05, 3.63) is 0 Å². The monoisotopic (exact) mass is 919 g/mol. The Balaban J connectivity index is 4.25. The van der Waals surface area contributed by atoms with Gasteiger partial charge in [-0.1, -0.05) is 291 Å². The number of ether oxygens (including phenoxy) is 3. The van der Waals surface area contributed by atoms with Gasteiger partial charge in [0.15, 0.2) is 6.10 Å². The lowest BCUT2D eigenvalue weighted by Gasteiger charge is -2.18. The van der Waals surface area contributed by atoms with E-state index in [2.05, 4.69) is 34.6 Å².